The zero-order valence-corrected chi connectivity index (χ0v) is 11.4. The average Bonchev–Trinajstić information content (AvgIpc) is 2.26. The quantitative estimate of drug-likeness (QED) is 0.863. The SMILES string of the molecule is CC(Nc1ccc(C#N)c(C(F)(F)F)c1)C(C)(C)C. The Hall–Kier alpha value is -1.70. The van der Waals surface area contributed by atoms with Gasteiger partial charge in [0.15, 0.2) is 0 Å². The number of benzene rings is 1. The van der Waals surface area contributed by atoms with E-state index < -0.39 is 11.7 Å². The van der Waals surface area contributed by atoms with Crippen molar-refractivity contribution in [1.82, 2.24) is 0 Å². The van der Waals surface area contributed by atoms with E-state index in [4.69, 9.17) is 5.26 Å². The van der Waals surface area contributed by atoms with Crippen LogP contribution in [0.2, 0.25) is 0 Å². The van der Waals surface area contributed by atoms with Crippen molar-refractivity contribution in [3.8, 4) is 6.07 Å². The van der Waals surface area contributed by atoms with Crippen LogP contribution < -0.4 is 5.32 Å². The molecule has 0 heterocycles. The fourth-order valence-corrected chi connectivity index (χ4v) is 1.43. The Morgan fingerprint density at radius 1 is 1.21 bits per heavy atom. The number of halogens is 3. The van der Waals surface area contributed by atoms with Gasteiger partial charge in [0.05, 0.1) is 17.2 Å². The maximum absolute atomic E-state index is 12.8. The molecule has 1 rings (SSSR count). The maximum Gasteiger partial charge on any atom is 0.417 e. The summed E-state index contributed by atoms with van der Waals surface area (Å²) in [5, 5.41) is 11.7. The first-order chi connectivity index (χ1) is 8.55. The largest absolute Gasteiger partial charge is 0.417 e. The van der Waals surface area contributed by atoms with Crippen LogP contribution in [0.4, 0.5) is 18.9 Å². The van der Waals surface area contributed by atoms with Gasteiger partial charge in [-0.2, -0.15) is 18.4 Å². The summed E-state index contributed by atoms with van der Waals surface area (Å²) in [6.07, 6.45) is -4.52. The lowest BCUT2D eigenvalue weighted by atomic mass is 9.88. The molecule has 0 spiro atoms. The number of anilines is 1. The molecule has 0 saturated heterocycles. The van der Waals surface area contributed by atoms with Crippen LogP contribution in [0.15, 0.2) is 18.2 Å². The predicted molar refractivity (Wildman–Crippen MR) is 68.7 cm³/mol. The van der Waals surface area contributed by atoms with E-state index in [0.717, 1.165) is 6.07 Å². The van der Waals surface area contributed by atoms with Crippen LogP contribution in [0, 0.1) is 16.7 Å². The normalized spacial score (nSPS) is 13.8. The second-order valence-corrected chi connectivity index (χ2v) is 5.60. The van der Waals surface area contributed by atoms with Gasteiger partial charge < -0.3 is 5.32 Å². The number of nitrogens with zero attached hydrogens (tertiary/aromatic N) is 1. The summed E-state index contributed by atoms with van der Waals surface area (Å²) in [6, 6.07) is 5.24. The summed E-state index contributed by atoms with van der Waals surface area (Å²) >= 11 is 0. The summed E-state index contributed by atoms with van der Waals surface area (Å²) in [5.74, 6) is 0. The lowest BCUT2D eigenvalue weighted by molar-refractivity contribution is -0.137. The van der Waals surface area contributed by atoms with E-state index in [1.807, 2.05) is 27.7 Å². The molecule has 0 aliphatic heterocycles. The van der Waals surface area contributed by atoms with Gasteiger partial charge in [0.1, 0.15) is 0 Å². The van der Waals surface area contributed by atoms with Gasteiger partial charge in [0, 0.05) is 11.7 Å². The maximum atomic E-state index is 12.8. The molecule has 0 saturated carbocycles. The monoisotopic (exact) mass is 270 g/mol. The molecule has 104 valence electrons. The van der Waals surface area contributed by atoms with E-state index in [-0.39, 0.29) is 17.0 Å². The highest BCUT2D eigenvalue weighted by Crippen LogP contribution is 2.34. The molecule has 1 aromatic carbocycles. The zero-order valence-electron chi connectivity index (χ0n) is 11.4. The number of alkyl halides is 3. The first-order valence-corrected chi connectivity index (χ1v) is 5.93. The number of hydrogen-bond donors (Lipinski definition) is 1. The summed E-state index contributed by atoms with van der Waals surface area (Å²) in [6.45, 7) is 7.91. The molecule has 0 radical (unpaired) electrons. The molecule has 5 heteroatoms. The van der Waals surface area contributed by atoms with Crippen LogP contribution in [0.5, 0.6) is 0 Å². The van der Waals surface area contributed by atoms with E-state index in [1.54, 1.807) is 6.07 Å². The Labute approximate surface area is 111 Å². The molecule has 0 aliphatic rings. The van der Waals surface area contributed by atoms with Crippen LogP contribution in [-0.4, -0.2) is 6.04 Å². The lowest BCUT2D eigenvalue weighted by Gasteiger charge is -2.29. The van der Waals surface area contributed by atoms with Gasteiger partial charge in [0.2, 0.25) is 0 Å². The second kappa shape index (κ2) is 5.12. The molecule has 19 heavy (non-hydrogen) atoms. The Bertz CT molecular complexity index is 493. The topological polar surface area (TPSA) is 35.8 Å². The van der Waals surface area contributed by atoms with E-state index in [9.17, 15) is 13.2 Å². The van der Waals surface area contributed by atoms with Gasteiger partial charge in [-0.05, 0) is 30.5 Å². The van der Waals surface area contributed by atoms with Crippen molar-refractivity contribution >= 4 is 5.69 Å². The van der Waals surface area contributed by atoms with Gasteiger partial charge in [-0.1, -0.05) is 20.8 Å². The van der Waals surface area contributed by atoms with E-state index in [1.165, 1.54) is 12.1 Å². The average molecular weight is 270 g/mol. The Balaban J connectivity index is 3.11. The third-order valence-corrected chi connectivity index (χ3v) is 3.13. The van der Waals surface area contributed by atoms with E-state index in [2.05, 4.69) is 5.32 Å². The van der Waals surface area contributed by atoms with Gasteiger partial charge in [-0.3, -0.25) is 0 Å². The first-order valence-electron chi connectivity index (χ1n) is 5.93. The van der Waals surface area contributed by atoms with Gasteiger partial charge >= 0.3 is 6.18 Å². The Kier molecular flexibility index (Phi) is 4.14. The Morgan fingerprint density at radius 2 is 1.79 bits per heavy atom. The molecule has 0 aromatic heterocycles. The minimum absolute atomic E-state index is 0.00141. The molecule has 2 nitrogen and oxygen atoms in total. The lowest BCUT2D eigenvalue weighted by Crippen LogP contribution is -2.30. The van der Waals surface area contributed by atoms with Gasteiger partial charge in [-0.15, -0.1) is 0 Å². The van der Waals surface area contributed by atoms with Crippen molar-refractivity contribution in [1.29, 1.82) is 5.26 Å². The second-order valence-electron chi connectivity index (χ2n) is 5.60. The number of nitriles is 1. The highest BCUT2D eigenvalue weighted by atomic mass is 19.4. The van der Waals surface area contributed by atoms with Crippen molar-refractivity contribution in [3.05, 3.63) is 29.3 Å². The summed E-state index contributed by atoms with van der Waals surface area (Å²) in [4.78, 5) is 0. The number of rotatable bonds is 2. The molecule has 0 bridgehead atoms. The minimum atomic E-state index is -4.52. The molecule has 0 aliphatic carbocycles. The van der Waals surface area contributed by atoms with E-state index in [0.29, 0.717) is 5.69 Å². The van der Waals surface area contributed by atoms with Crippen LogP contribution in [0.1, 0.15) is 38.8 Å². The third-order valence-electron chi connectivity index (χ3n) is 3.13. The van der Waals surface area contributed by atoms with Crippen LogP contribution in [0.25, 0.3) is 0 Å². The number of hydrogen-bond acceptors (Lipinski definition) is 2. The highest BCUT2D eigenvalue weighted by molar-refractivity contribution is 5.53. The summed E-state index contributed by atoms with van der Waals surface area (Å²) < 4.78 is 38.4. The van der Waals surface area contributed by atoms with Crippen molar-refractivity contribution in [2.24, 2.45) is 5.41 Å². The molecule has 1 unspecified atom stereocenters. The molecule has 1 aromatic rings. The van der Waals surface area contributed by atoms with Crippen molar-refractivity contribution < 1.29 is 13.2 Å². The standard InChI is InChI=1S/C14H17F3N2/c1-9(13(2,3)4)19-11-6-5-10(8-18)12(7-11)14(15,16)17/h5-7,9,19H,1-4H3. The van der Waals surface area contributed by atoms with Crippen molar-refractivity contribution in [2.45, 2.75) is 39.9 Å². The van der Waals surface area contributed by atoms with Crippen LogP contribution in [0.3, 0.4) is 0 Å². The highest BCUT2D eigenvalue weighted by Gasteiger charge is 2.34. The van der Waals surface area contributed by atoms with Crippen LogP contribution >= 0.6 is 0 Å². The zero-order chi connectivity index (χ0) is 14.8. The molecule has 1 atom stereocenters. The Morgan fingerprint density at radius 3 is 2.21 bits per heavy atom. The fraction of sp³-hybridized carbons (Fsp3) is 0.500. The molecular formula is C14H17F3N2. The van der Waals surface area contributed by atoms with Gasteiger partial charge in [-0.25, -0.2) is 0 Å². The molecular weight excluding hydrogens is 253 g/mol. The number of nitrogens with one attached hydrogen (secondary N) is 1. The first kappa shape index (κ1) is 15.4. The van der Waals surface area contributed by atoms with E-state index >= 15 is 0 Å². The van der Waals surface area contributed by atoms with Crippen molar-refractivity contribution in [2.75, 3.05) is 5.32 Å². The van der Waals surface area contributed by atoms with Crippen molar-refractivity contribution in [3.63, 3.8) is 0 Å². The van der Waals surface area contributed by atoms with Gasteiger partial charge in [0.25, 0.3) is 0 Å². The van der Waals surface area contributed by atoms with Crippen LogP contribution in [-0.2, 0) is 6.18 Å². The predicted octanol–water partition coefficient (Wildman–Crippen LogP) is 4.42. The smallest absolute Gasteiger partial charge is 0.382 e. The molecule has 1 N–H and O–H groups in total. The summed E-state index contributed by atoms with van der Waals surface area (Å²) in [5.41, 5.74) is -0.969. The molecule has 0 amide bonds. The summed E-state index contributed by atoms with van der Waals surface area (Å²) in [7, 11) is 0. The third kappa shape index (κ3) is 3.88. The molecule has 0 fully saturated rings. The fourth-order valence-electron chi connectivity index (χ4n) is 1.43. The minimum Gasteiger partial charge on any atom is -0.382 e.